The van der Waals surface area contributed by atoms with Crippen LogP contribution in [0, 0.1) is 0 Å². The number of hydrogen-bond donors (Lipinski definition) is 1. The first-order chi connectivity index (χ1) is 10.0. The van der Waals surface area contributed by atoms with Crippen molar-refractivity contribution < 1.29 is 9.47 Å². The van der Waals surface area contributed by atoms with Gasteiger partial charge in [-0.2, -0.15) is 0 Å². The Hall–Kier alpha value is -1.10. The molecule has 0 saturated heterocycles. The number of rotatable bonds is 5. The number of hydrogen-bond acceptors (Lipinski definition) is 3. The van der Waals surface area contributed by atoms with Gasteiger partial charge in [-0.05, 0) is 17.7 Å². The third kappa shape index (κ3) is 3.96. The Kier molecular flexibility index (Phi) is 5.62. The van der Waals surface area contributed by atoms with Crippen molar-refractivity contribution in [2.45, 2.75) is 6.54 Å². The van der Waals surface area contributed by atoms with Gasteiger partial charge in [0.1, 0.15) is 0 Å². The third-order valence-corrected chi connectivity index (χ3v) is 4.12. The molecule has 6 heteroatoms. The first kappa shape index (κ1) is 16.3. The molecule has 0 radical (unpaired) electrons. The third-order valence-electron chi connectivity index (χ3n) is 2.96. The lowest BCUT2D eigenvalue weighted by atomic mass is 10.2. The highest BCUT2D eigenvalue weighted by Crippen LogP contribution is 2.36. The fourth-order valence-electron chi connectivity index (χ4n) is 1.85. The summed E-state index contributed by atoms with van der Waals surface area (Å²) < 4.78 is 11.4. The van der Waals surface area contributed by atoms with E-state index in [1.54, 1.807) is 26.4 Å². The number of benzene rings is 2. The van der Waals surface area contributed by atoms with E-state index in [0.717, 1.165) is 15.7 Å². The maximum absolute atomic E-state index is 6.23. The minimum Gasteiger partial charge on any atom is -0.493 e. The highest BCUT2D eigenvalue weighted by atomic mass is 79.9. The van der Waals surface area contributed by atoms with E-state index in [-0.39, 0.29) is 0 Å². The summed E-state index contributed by atoms with van der Waals surface area (Å²) in [7, 11) is 3.16. The van der Waals surface area contributed by atoms with Gasteiger partial charge in [-0.15, -0.1) is 0 Å². The van der Waals surface area contributed by atoms with Gasteiger partial charge in [-0.3, -0.25) is 0 Å². The van der Waals surface area contributed by atoms with E-state index in [0.29, 0.717) is 28.1 Å². The van der Waals surface area contributed by atoms with Crippen LogP contribution in [0.15, 0.2) is 34.8 Å². The molecule has 0 heterocycles. The van der Waals surface area contributed by atoms with Crippen LogP contribution in [0.5, 0.6) is 11.5 Å². The minimum absolute atomic E-state index is 0.556. The molecule has 0 fully saturated rings. The number of nitrogens with one attached hydrogen (secondary N) is 1. The SMILES string of the molecule is COc1cc(Cl)c(NCc2ccc(Br)cc2Cl)cc1OC. The molecule has 2 aromatic rings. The van der Waals surface area contributed by atoms with Gasteiger partial charge >= 0.3 is 0 Å². The summed E-state index contributed by atoms with van der Waals surface area (Å²) in [5.41, 5.74) is 1.74. The maximum atomic E-state index is 6.23. The van der Waals surface area contributed by atoms with E-state index in [1.165, 1.54) is 0 Å². The summed E-state index contributed by atoms with van der Waals surface area (Å²) in [6, 6.07) is 9.27. The topological polar surface area (TPSA) is 30.5 Å². The van der Waals surface area contributed by atoms with Gasteiger partial charge in [-0.25, -0.2) is 0 Å². The molecule has 2 aromatic carbocycles. The van der Waals surface area contributed by atoms with Gasteiger partial charge in [0, 0.05) is 28.2 Å². The van der Waals surface area contributed by atoms with Crippen LogP contribution in [0.1, 0.15) is 5.56 Å². The van der Waals surface area contributed by atoms with E-state index in [9.17, 15) is 0 Å². The Morgan fingerprint density at radius 1 is 1.00 bits per heavy atom. The predicted octanol–water partition coefficient (Wildman–Crippen LogP) is 5.39. The predicted molar refractivity (Wildman–Crippen MR) is 91.0 cm³/mol. The molecule has 0 unspecified atom stereocenters. The molecule has 0 aliphatic carbocycles. The second kappa shape index (κ2) is 7.25. The molecule has 112 valence electrons. The average Bonchev–Trinajstić information content (AvgIpc) is 2.47. The Morgan fingerprint density at radius 2 is 1.67 bits per heavy atom. The van der Waals surface area contributed by atoms with Crippen molar-refractivity contribution in [3.63, 3.8) is 0 Å². The highest BCUT2D eigenvalue weighted by Gasteiger charge is 2.10. The van der Waals surface area contributed by atoms with Crippen LogP contribution in [0.25, 0.3) is 0 Å². The number of anilines is 1. The largest absolute Gasteiger partial charge is 0.493 e. The molecule has 0 spiro atoms. The molecular weight excluding hydrogens is 377 g/mol. The molecular formula is C15H14BrCl2NO2. The normalized spacial score (nSPS) is 10.3. The number of halogens is 3. The van der Waals surface area contributed by atoms with Crippen LogP contribution in [-0.4, -0.2) is 14.2 Å². The zero-order chi connectivity index (χ0) is 15.4. The van der Waals surface area contributed by atoms with Crippen LogP contribution in [0.3, 0.4) is 0 Å². The maximum Gasteiger partial charge on any atom is 0.162 e. The van der Waals surface area contributed by atoms with Crippen molar-refractivity contribution in [2.24, 2.45) is 0 Å². The second-order valence-electron chi connectivity index (χ2n) is 4.28. The molecule has 3 nitrogen and oxygen atoms in total. The van der Waals surface area contributed by atoms with Gasteiger partial charge in [0.15, 0.2) is 11.5 Å². The average molecular weight is 391 g/mol. The fourth-order valence-corrected chi connectivity index (χ4v) is 2.81. The monoisotopic (exact) mass is 389 g/mol. The second-order valence-corrected chi connectivity index (χ2v) is 6.01. The summed E-state index contributed by atoms with van der Waals surface area (Å²) in [6.07, 6.45) is 0. The molecule has 0 atom stereocenters. The van der Waals surface area contributed by atoms with E-state index in [2.05, 4.69) is 21.2 Å². The molecule has 0 aromatic heterocycles. The minimum atomic E-state index is 0.556. The number of ether oxygens (including phenoxy) is 2. The molecule has 1 N–H and O–H groups in total. The summed E-state index contributed by atoms with van der Waals surface area (Å²) in [4.78, 5) is 0. The van der Waals surface area contributed by atoms with Gasteiger partial charge in [0.25, 0.3) is 0 Å². The van der Waals surface area contributed by atoms with Crippen molar-refractivity contribution in [2.75, 3.05) is 19.5 Å². The van der Waals surface area contributed by atoms with E-state index in [4.69, 9.17) is 32.7 Å². The summed E-state index contributed by atoms with van der Waals surface area (Å²) in [6.45, 7) is 0.557. The zero-order valence-electron chi connectivity index (χ0n) is 11.5. The Morgan fingerprint density at radius 3 is 2.29 bits per heavy atom. The lowest BCUT2D eigenvalue weighted by molar-refractivity contribution is 0.355. The summed E-state index contributed by atoms with van der Waals surface area (Å²) >= 11 is 15.8. The van der Waals surface area contributed by atoms with Crippen molar-refractivity contribution >= 4 is 44.8 Å². The molecule has 21 heavy (non-hydrogen) atoms. The van der Waals surface area contributed by atoms with Crippen molar-refractivity contribution in [3.8, 4) is 11.5 Å². The lowest BCUT2D eigenvalue weighted by Gasteiger charge is -2.14. The Bertz CT molecular complexity index is 650. The van der Waals surface area contributed by atoms with Crippen molar-refractivity contribution in [3.05, 3.63) is 50.4 Å². The number of methoxy groups -OCH3 is 2. The molecule has 0 aliphatic heterocycles. The highest BCUT2D eigenvalue weighted by molar-refractivity contribution is 9.10. The molecule has 0 bridgehead atoms. The fraction of sp³-hybridized carbons (Fsp3) is 0.200. The van der Waals surface area contributed by atoms with E-state index in [1.807, 2.05) is 18.2 Å². The van der Waals surface area contributed by atoms with Crippen LogP contribution in [0.2, 0.25) is 10.0 Å². The lowest BCUT2D eigenvalue weighted by Crippen LogP contribution is -2.02. The zero-order valence-corrected chi connectivity index (χ0v) is 14.6. The standard InChI is InChI=1S/C15H14BrCl2NO2/c1-20-14-6-12(18)13(7-15(14)21-2)19-8-9-3-4-10(16)5-11(9)17/h3-7,19H,8H2,1-2H3. The van der Waals surface area contributed by atoms with Crippen LogP contribution in [0.4, 0.5) is 5.69 Å². The van der Waals surface area contributed by atoms with Gasteiger partial charge < -0.3 is 14.8 Å². The van der Waals surface area contributed by atoms with Crippen molar-refractivity contribution in [1.29, 1.82) is 0 Å². The van der Waals surface area contributed by atoms with Crippen LogP contribution >= 0.6 is 39.1 Å². The Labute approximate surface area is 142 Å². The van der Waals surface area contributed by atoms with E-state index >= 15 is 0 Å². The first-order valence-corrected chi connectivity index (χ1v) is 7.69. The molecule has 2 rings (SSSR count). The van der Waals surface area contributed by atoms with Gasteiger partial charge in [0.05, 0.1) is 24.9 Å². The van der Waals surface area contributed by atoms with E-state index < -0.39 is 0 Å². The van der Waals surface area contributed by atoms with Gasteiger partial charge in [-0.1, -0.05) is 45.2 Å². The summed E-state index contributed by atoms with van der Waals surface area (Å²) in [5.74, 6) is 1.21. The molecule has 0 aliphatic rings. The molecule has 0 saturated carbocycles. The van der Waals surface area contributed by atoms with Gasteiger partial charge in [0.2, 0.25) is 0 Å². The van der Waals surface area contributed by atoms with Crippen molar-refractivity contribution in [1.82, 2.24) is 0 Å². The van der Waals surface area contributed by atoms with Crippen LogP contribution in [-0.2, 0) is 6.54 Å². The Balaban J connectivity index is 2.19. The van der Waals surface area contributed by atoms with Crippen LogP contribution < -0.4 is 14.8 Å². The smallest absolute Gasteiger partial charge is 0.162 e. The summed E-state index contributed by atoms with van der Waals surface area (Å²) in [5, 5.41) is 4.49. The quantitative estimate of drug-likeness (QED) is 0.742. The molecule has 0 amide bonds. The first-order valence-electron chi connectivity index (χ1n) is 6.14.